The summed E-state index contributed by atoms with van der Waals surface area (Å²) in [5.74, 6) is -1.21. The van der Waals surface area contributed by atoms with Gasteiger partial charge in [0.1, 0.15) is 0 Å². The Morgan fingerprint density at radius 3 is 2.26 bits per heavy atom. The van der Waals surface area contributed by atoms with E-state index in [0.29, 0.717) is 16.6 Å². The van der Waals surface area contributed by atoms with Gasteiger partial charge < -0.3 is 28.7 Å². The highest BCUT2D eigenvalue weighted by atomic mass is 32.2. The largest absolute Gasteiger partial charge is 0.456 e. The summed E-state index contributed by atoms with van der Waals surface area (Å²) < 4.78 is 27.2. The highest BCUT2D eigenvalue weighted by Gasteiger charge is 2.47. The molecule has 1 N–H and O–H groups in total. The summed E-state index contributed by atoms with van der Waals surface area (Å²) >= 11 is 1.29. The van der Waals surface area contributed by atoms with Crippen LogP contribution in [-0.2, 0) is 33.3 Å². The van der Waals surface area contributed by atoms with E-state index in [4.69, 9.17) is 23.4 Å². The molecule has 0 amide bonds. The average Bonchev–Trinajstić information content (AvgIpc) is 3.05. The number of hydrogen-bond donors (Lipinski definition) is 1. The number of oxazole rings is 1. The summed E-state index contributed by atoms with van der Waals surface area (Å²) in [6.07, 6.45) is -2.41. The average molecular weight is 454 g/mol. The molecule has 2 aromatic heterocycles. The number of nitrogens with zero attached hydrogens (tertiary/aromatic N) is 3. The Morgan fingerprint density at radius 2 is 1.65 bits per heavy atom. The lowest BCUT2D eigenvalue weighted by atomic mass is 10.0. The van der Waals surface area contributed by atoms with E-state index >= 15 is 0 Å². The molecular weight excluding hydrogens is 432 g/mol. The standard InChI is InChI=1S/C18H22N4O8S/c1-7-19-12-15(21-18(31-5)22-16(12)27-7)20-17-14(30-10(4)25)13(29-9(3)24)11(6-26-17)28-8(2)23/h11,13-14,17H,6H2,1-5H3,(H,20,21,22). The number of rotatable bonds is 6. The molecule has 1 fully saturated rings. The number of ether oxygens (including phenoxy) is 4. The molecule has 4 atom stereocenters. The van der Waals surface area contributed by atoms with Crippen molar-refractivity contribution >= 4 is 46.7 Å². The van der Waals surface area contributed by atoms with Gasteiger partial charge in [0.2, 0.25) is 0 Å². The molecule has 0 saturated carbocycles. The van der Waals surface area contributed by atoms with Crippen molar-refractivity contribution in [2.45, 2.75) is 57.4 Å². The molecule has 3 rings (SSSR count). The third-order valence-electron chi connectivity index (χ3n) is 4.16. The van der Waals surface area contributed by atoms with Crippen LogP contribution >= 0.6 is 11.8 Å². The number of aryl methyl sites for hydroxylation is 1. The van der Waals surface area contributed by atoms with Gasteiger partial charge in [0.25, 0.3) is 5.71 Å². The highest BCUT2D eigenvalue weighted by molar-refractivity contribution is 7.98. The van der Waals surface area contributed by atoms with Gasteiger partial charge in [-0.05, 0) is 6.26 Å². The maximum atomic E-state index is 11.8. The minimum absolute atomic E-state index is 0.117. The van der Waals surface area contributed by atoms with E-state index < -0.39 is 42.4 Å². The summed E-state index contributed by atoms with van der Waals surface area (Å²) in [7, 11) is 0. The van der Waals surface area contributed by atoms with Gasteiger partial charge in [-0.1, -0.05) is 11.8 Å². The van der Waals surface area contributed by atoms with Crippen LogP contribution in [0.15, 0.2) is 9.57 Å². The van der Waals surface area contributed by atoms with Crippen molar-refractivity contribution in [2.75, 3.05) is 18.2 Å². The lowest BCUT2D eigenvalue weighted by Crippen LogP contribution is -2.59. The zero-order chi connectivity index (χ0) is 22.7. The fraction of sp³-hybridized carbons (Fsp3) is 0.556. The Balaban J connectivity index is 1.97. The Hall–Kier alpha value is -2.93. The highest BCUT2D eigenvalue weighted by Crippen LogP contribution is 2.29. The smallest absolute Gasteiger partial charge is 0.303 e. The number of fused-ring (bicyclic) bond motifs is 1. The molecular formula is C18H22N4O8S. The van der Waals surface area contributed by atoms with E-state index in [1.807, 2.05) is 0 Å². The predicted octanol–water partition coefficient (Wildman–Crippen LogP) is 1.21. The lowest BCUT2D eigenvalue weighted by Gasteiger charge is -2.40. The van der Waals surface area contributed by atoms with E-state index in [9.17, 15) is 14.4 Å². The summed E-state index contributed by atoms with van der Waals surface area (Å²) in [5.41, 5.74) is 0.625. The van der Waals surface area contributed by atoms with Crippen LogP contribution in [0.2, 0.25) is 0 Å². The Kier molecular flexibility index (Phi) is 6.95. The lowest BCUT2D eigenvalue weighted by molar-refractivity contribution is -0.221. The number of thioether (sulfide) groups is 1. The van der Waals surface area contributed by atoms with Gasteiger partial charge in [-0.3, -0.25) is 14.4 Å². The van der Waals surface area contributed by atoms with Gasteiger partial charge in [-0.25, -0.2) is 9.97 Å². The molecule has 0 radical (unpaired) electrons. The number of carbonyl (C=O) groups is 3. The van der Waals surface area contributed by atoms with Crippen LogP contribution in [0, 0.1) is 6.92 Å². The first kappa shape index (κ1) is 22.7. The molecule has 4 unspecified atom stereocenters. The van der Waals surface area contributed by atoms with Crippen LogP contribution in [0.25, 0.3) is 11.2 Å². The second kappa shape index (κ2) is 9.47. The van der Waals surface area contributed by atoms with Crippen LogP contribution in [0.5, 0.6) is 0 Å². The summed E-state index contributed by atoms with van der Waals surface area (Å²) in [6.45, 7) is 5.17. The number of anilines is 1. The van der Waals surface area contributed by atoms with Crippen molar-refractivity contribution in [1.82, 2.24) is 15.0 Å². The molecule has 168 valence electrons. The maximum absolute atomic E-state index is 11.8. The van der Waals surface area contributed by atoms with Crippen molar-refractivity contribution in [2.24, 2.45) is 0 Å². The second-order valence-corrected chi connectivity index (χ2v) is 7.41. The number of esters is 3. The van der Waals surface area contributed by atoms with E-state index in [1.165, 1.54) is 32.5 Å². The van der Waals surface area contributed by atoms with E-state index in [-0.39, 0.29) is 18.1 Å². The van der Waals surface area contributed by atoms with Gasteiger partial charge in [0, 0.05) is 27.7 Å². The second-order valence-electron chi connectivity index (χ2n) is 6.64. The summed E-state index contributed by atoms with van der Waals surface area (Å²) in [4.78, 5) is 47.9. The molecule has 13 heteroatoms. The van der Waals surface area contributed by atoms with Crippen molar-refractivity contribution in [1.29, 1.82) is 0 Å². The normalized spacial score (nSPS) is 23.3. The first-order valence-electron chi connectivity index (χ1n) is 9.27. The van der Waals surface area contributed by atoms with Crippen LogP contribution in [0.3, 0.4) is 0 Å². The Morgan fingerprint density at radius 1 is 1.00 bits per heavy atom. The molecule has 0 aliphatic carbocycles. The molecule has 0 spiro atoms. The van der Waals surface area contributed by atoms with Crippen molar-refractivity contribution in [3.05, 3.63) is 5.89 Å². The zero-order valence-corrected chi connectivity index (χ0v) is 18.3. The molecule has 0 aromatic carbocycles. The SMILES string of the molecule is CSc1nc(NC2OCC(OC(C)=O)C(OC(C)=O)C2OC(C)=O)c2nc(C)oc2n1. The van der Waals surface area contributed by atoms with Gasteiger partial charge >= 0.3 is 17.9 Å². The summed E-state index contributed by atoms with van der Waals surface area (Å²) in [5, 5.41) is 3.44. The first-order valence-corrected chi connectivity index (χ1v) is 10.5. The van der Waals surface area contributed by atoms with Gasteiger partial charge in [0.15, 0.2) is 46.9 Å². The first-order chi connectivity index (χ1) is 14.7. The monoisotopic (exact) mass is 454 g/mol. The minimum atomic E-state index is -1.14. The quantitative estimate of drug-likeness (QED) is 0.288. The summed E-state index contributed by atoms with van der Waals surface area (Å²) in [6, 6.07) is 0. The molecule has 1 aliphatic heterocycles. The number of hydrogen-bond acceptors (Lipinski definition) is 13. The maximum Gasteiger partial charge on any atom is 0.303 e. The van der Waals surface area contributed by atoms with E-state index in [2.05, 4.69) is 20.3 Å². The Bertz CT molecular complexity index is 996. The van der Waals surface area contributed by atoms with Crippen LogP contribution in [0.4, 0.5) is 5.82 Å². The molecule has 2 aromatic rings. The molecule has 3 heterocycles. The van der Waals surface area contributed by atoms with Gasteiger partial charge in [-0.2, -0.15) is 4.98 Å². The van der Waals surface area contributed by atoms with Crippen molar-refractivity contribution in [3.8, 4) is 0 Å². The van der Waals surface area contributed by atoms with E-state index in [1.54, 1.807) is 13.2 Å². The molecule has 0 bridgehead atoms. The van der Waals surface area contributed by atoms with Crippen molar-refractivity contribution < 1.29 is 37.7 Å². The van der Waals surface area contributed by atoms with Gasteiger partial charge in [0.05, 0.1) is 6.61 Å². The Labute approximate surface area is 181 Å². The van der Waals surface area contributed by atoms with Crippen molar-refractivity contribution in [3.63, 3.8) is 0 Å². The topological polar surface area (TPSA) is 152 Å². The molecule has 1 aliphatic rings. The van der Waals surface area contributed by atoms with Crippen LogP contribution in [0.1, 0.15) is 26.7 Å². The number of nitrogens with one attached hydrogen (secondary N) is 1. The fourth-order valence-electron chi connectivity index (χ4n) is 3.10. The van der Waals surface area contributed by atoms with Crippen LogP contribution < -0.4 is 5.32 Å². The fourth-order valence-corrected chi connectivity index (χ4v) is 3.46. The third-order valence-corrected chi connectivity index (χ3v) is 4.70. The molecule has 1 saturated heterocycles. The molecule has 31 heavy (non-hydrogen) atoms. The van der Waals surface area contributed by atoms with Crippen LogP contribution in [-0.4, -0.2) is 70.3 Å². The third kappa shape index (κ3) is 5.41. The van der Waals surface area contributed by atoms with E-state index in [0.717, 1.165) is 0 Å². The number of aromatic nitrogens is 3. The predicted molar refractivity (Wildman–Crippen MR) is 106 cm³/mol. The zero-order valence-electron chi connectivity index (χ0n) is 17.5. The molecule has 12 nitrogen and oxygen atoms in total. The minimum Gasteiger partial charge on any atom is -0.456 e. The number of carbonyl (C=O) groups excluding carboxylic acids is 3. The van der Waals surface area contributed by atoms with Gasteiger partial charge in [-0.15, -0.1) is 0 Å².